The molecule has 1 saturated heterocycles. The van der Waals surface area contributed by atoms with E-state index in [4.69, 9.17) is 0 Å². The fraction of sp³-hybridized carbons (Fsp3) is 0.250. The molecule has 3 aromatic rings. The van der Waals surface area contributed by atoms with Crippen molar-refractivity contribution < 1.29 is 5.11 Å². The third kappa shape index (κ3) is 3.50. The molecule has 0 saturated carbocycles. The van der Waals surface area contributed by atoms with Gasteiger partial charge in [0.15, 0.2) is 0 Å². The summed E-state index contributed by atoms with van der Waals surface area (Å²) in [4.78, 5) is 17.8. The first-order valence-electron chi connectivity index (χ1n) is 8.75. The molecular weight excluding hydrogens is 326 g/mol. The summed E-state index contributed by atoms with van der Waals surface area (Å²) in [5.74, 6) is 0.762. The number of nitrogens with zero attached hydrogens (tertiary/aromatic N) is 5. The van der Waals surface area contributed by atoms with Crippen LogP contribution in [0, 0.1) is 0 Å². The monoisotopic (exact) mass is 347 g/mol. The molecule has 1 aromatic carbocycles. The van der Waals surface area contributed by atoms with Crippen molar-refractivity contribution in [2.45, 2.75) is 6.61 Å². The maximum absolute atomic E-state index is 9.28. The minimum atomic E-state index is 0.0357. The van der Waals surface area contributed by atoms with Gasteiger partial charge in [0.05, 0.1) is 18.5 Å². The number of benzene rings is 1. The zero-order chi connectivity index (χ0) is 17.8. The van der Waals surface area contributed by atoms with Crippen molar-refractivity contribution in [3.05, 3.63) is 66.7 Å². The van der Waals surface area contributed by atoms with Gasteiger partial charge in [0.25, 0.3) is 0 Å². The molecule has 132 valence electrons. The Kier molecular flexibility index (Phi) is 4.75. The molecule has 0 spiro atoms. The van der Waals surface area contributed by atoms with Gasteiger partial charge in [-0.05, 0) is 29.3 Å². The van der Waals surface area contributed by atoms with Crippen LogP contribution in [0.1, 0.15) is 5.56 Å². The fourth-order valence-electron chi connectivity index (χ4n) is 3.19. The molecule has 1 aliphatic rings. The summed E-state index contributed by atoms with van der Waals surface area (Å²) in [7, 11) is 0. The van der Waals surface area contributed by atoms with E-state index in [2.05, 4.69) is 30.8 Å². The smallest absolute Gasteiger partial charge is 0.225 e. The Hall–Kier alpha value is -2.99. The maximum Gasteiger partial charge on any atom is 0.225 e. The zero-order valence-corrected chi connectivity index (χ0v) is 14.5. The molecule has 0 radical (unpaired) electrons. The highest BCUT2D eigenvalue weighted by Crippen LogP contribution is 2.21. The number of aromatic nitrogens is 3. The van der Waals surface area contributed by atoms with Crippen molar-refractivity contribution in [2.24, 2.45) is 0 Å². The Balaban J connectivity index is 1.43. The Labute approximate surface area is 152 Å². The number of rotatable bonds is 4. The summed E-state index contributed by atoms with van der Waals surface area (Å²) in [6.45, 7) is 3.65. The van der Waals surface area contributed by atoms with Crippen LogP contribution in [0.2, 0.25) is 0 Å². The van der Waals surface area contributed by atoms with Gasteiger partial charge in [-0.15, -0.1) is 0 Å². The summed E-state index contributed by atoms with van der Waals surface area (Å²) >= 11 is 0. The van der Waals surface area contributed by atoms with E-state index in [1.54, 1.807) is 6.20 Å². The highest BCUT2D eigenvalue weighted by atomic mass is 16.3. The van der Waals surface area contributed by atoms with Crippen molar-refractivity contribution in [1.82, 2.24) is 15.0 Å². The number of aliphatic hydroxyl groups is 1. The topological polar surface area (TPSA) is 65.4 Å². The van der Waals surface area contributed by atoms with Crippen molar-refractivity contribution in [3.63, 3.8) is 0 Å². The first-order valence-corrected chi connectivity index (χ1v) is 8.75. The van der Waals surface area contributed by atoms with Crippen molar-refractivity contribution in [2.75, 3.05) is 36.0 Å². The third-order valence-corrected chi connectivity index (χ3v) is 4.65. The molecule has 6 heteroatoms. The van der Waals surface area contributed by atoms with E-state index in [0.29, 0.717) is 0 Å². The predicted molar refractivity (Wildman–Crippen MR) is 102 cm³/mol. The largest absolute Gasteiger partial charge is 0.392 e. The van der Waals surface area contributed by atoms with Crippen LogP contribution >= 0.6 is 0 Å². The number of pyridine rings is 1. The minimum Gasteiger partial charge on any atom is -0.392 e. The molecule has 1 N–H and O–H groups in total. The fourth-order valence-corrected chi connectivity index (χ4v) is 3.19. The van der Waals surface area contributed by atoms with Gasteiger partial charge < -0.3 is 14.9 Å². The van der Waals surface area contributed by atoms with E-state index in [1.165, 1.54) is 0 Å². The van der Waals surface area contributed by atoms with Gasteiger partial charge in [0.1, 0.15) is 0 Å². The molecule has 0 bridgehead atoms. The van der Waals surface area contributed by atoms with Crippen LogP contribution in [-0.2, 0) is 6.61 Å². The summed E-state index contributed by atoms with van der Waals surface area (Å²) < 4.78 is 0. The lowest BCUT2D eigenvalue weighted by Gasteiger charge is -2.35. The van der Waals surface area contributed by atoms with Gasteiger partial charge in [-0.2, -0.15) is 0 Å². The lowest BCUT2D eigenvalue weighted by Crippen LogP contribution is -2.47. The quantitative estimate of drug-likeness (QED) is 0.782. The van der Waals surface area contributed by atoms with E-state index in [0.717, 1.165) is 54.5 Å². The highest BCUT2D eigenvalue weighted by Gasteiger charge is 2.19. The number of hydrogen-bond acceptors (Lipinski definition) is 6. The molecular formula is C20H21N5O. The van der Waals surface area contributed by atoms with Crippen LogP contribution in [-0.4, -0.2) is 46.2 Å². The summed E-state index contributed by atoms with van der Waals surface area (Å²) in [6, 6.07) is 11.9. The average Bonchev–Trinajstić information content (AvgIpc) is 2.75. The second-order valence-corrected chi connectivity index (χ2v) is 6.32. The van der Waals surface area contributed by atoms with Crippen LogP contribution in [0.5, 0.6) is 0 Å². The van der Waals surface area contributed by atoms with Gasteiger partial charge in [-0.25, -0.2) is 9.97 Å². The van der Waals surface area contributed by atoms with Crippen molar-refractivity contribution in [1.29, 1.82) is 0 Å². The van der Waals surface area contributed by atoms with Gasteiger partial charge in [-0.1, -0.05) is 18.2 Å². The predicted octanol–water partition coefficient (Wildman–Crippen LogP) is 2.36. The Morgan fingerprint density at radius 2 is 1.62 bits per heavy atom. The molecule has 1 fully saturated rings. The second-order valence-electron chi connectivity index (χ2n) is 6.32. The first-order chi connectivity index (χ1) is 12.8. The Morgan fingerprint density at radius 1 is 0.846 bits per heavy atom. The zero-order valence-electron chi connectivity index (χ0n) is 14.5. The standard InChI is InChI=1S/C20H21N5O/c26-15-16-3-1-4-17(11-16)18-12-22-20(23-13-18)25-9-7-24(8-10-25)19-5-2-6-21-14-19/h1-6,11-14,26H,7-10,15H2. The Morgan fingerprint density at radius 3 is 2.31 bits per heavy atom. The molecule has 3 heterocycles. The molecule has 6 nitrogen and oxygen atoms in total. The summed E-state index contributed by atoms with van der Waals surface area (Å²) in [5, 5.41) is 9.28. The van der Waals surface area contributed by atoms with Gasteiger partial charge >= 0.3 is 0 Å². The van der Waals surface area contributed by atoms with Gasteiger partial charge in [-0.3, -0.25) is 4.98 Å². The lowest BCUT2D eigenvalue weighted by atomic mass is 10.1. The van der Waals surface area contributed by atoms with E-state index < -0.39 is 0 Å². The van der Waals surface area contributed by atoms with E-state index in [1.807, 2.05) is 48.9 Å². The first kappa shape index (κ1) is 16.5. The SMILES string of the molecule is OCc1cccc(-c2cnc(N3CCN(c4cccnc4)CC3)nc2)c1. The van der Waals surface area contributed by atoms with Crippen LogP contribution in [0.15, 0.2) is 61.2 Å². The number of aliphatic hydroxyl groups excluding tert-OH is 1. The highest BCUT2D eigenvalue weighted by molar-refractivity contribution is 5.63. The maximum atomic E-state index is 9.28. The van der Waals surface area contributed by atoms with Gasteiger partial charge in [0.2, 0.25) is 5.95 Å². The van der Waals surface area contributed by atoms with Crippen LogP contribution in [0.3, 0.4) is 0 Å². The van der Waals surface area contributed by atoms with Gasteiger partial charge in [0, 0.05) is 50.3 Å². The molecule has 0 aliphatic carbocycles. The number of piperazine rings is 1. The minimum absolute atomic E-state index is 0.0357. The number of anilines is 2. The van der Waals surface area contributed by atoms with E-state index in [-0.39, 0.29) is 6.61 Å². The summed E-state index contributed by atoms with van der Waals surface area (Å²) in [5.41, 5.74) is 4.02. The van der Waals surface area contributed by atoms with Crippen LogP contribution in [0.4, 0.5) is 11.6 Å². The van der Waals surface area contributed by atoms with Crippen molar-refractivity contribution >= 4 is 11.6 Å². The third-order valence-electron chi connectivity index (χ3n) is 4.65. The molecule has 0 amide bonds. The van der Waals surface area contributed by atoms with Crippen LogP contribution in [0.25, 0.3) is 11.1 Å². The average molecular weight is 347 g/mol. The van der Waals surface area contributed by atoms with E-state index in [9.17, 15) is 5.11 Å². The lowest BCUT2D eigenvalue weighted by molar-refractivity contribution is 0.282. The normalized spacial score (nSPS) is 14.5. The molecule has 26 heavy (non-hydrogen) atoms. The molecule has 4 rings (SSSR count). The second kappa shape index (κ2) is 7.49. The summed E-state index contributed by atoms with van der Waals surface area (Å²) in [6.07, 6.45) is 7.41. The molecule has 1 aliphatic heterocycles. The molecule has 0 atom stereocenters. The Bertz CT molecular complexity index is 846. The van der Waals surface area contributed by atoms with Crippen molar-refractivity contribution in [3.8, 4) is 11.1 Å². The van der Waals surface area contributed by atoms with Crippen LogP contribution < -0.4 is 9.80 Å². The molecule has 2 aromatic heterocycles. The van der Waals surface area contributed by atoms with E-state index >= 15 is 0 Å². The number of hydrogen-bond donors (Lipinski definition) is 1. The molecule has 0 unspecified atom stereocenters.